The maximum absolute atomic E-state index is 13.9. The van der Waals surface area contributed by atoms with Crippen LogP contribution < -0.4 is 5.32 Å². The largest absolute Gasteiger partial charge is 0.311 e. The van der Waals surface area contributed by atoms with Crippen molar-refractivity contribution < 1.29 is 9.18 Å². The summed E-state index contributed by atoms with van der Waals surface area (Å²) >= 11 is 12.3. The molecule has 1 saturated carbocycles. The van der Waals surface area contributed by atoms with Crippen molar-refractivity contribution in [3.8, 4) is 0 Å². The normalized spacial score (nSPS) is 18.3. The van der Waals surface area contributed by atoms with Gasteiger partial charge in [0.1, 0.15) is 11.6 Å². The molecule has 0 spiro atoms. The minimum atomic E-state index is -0.265. The van der Waals surface area contributed by atoms with Crippen LogP contribution in [0.1, 0.15) is 23.5 Å². The van der Waals surface area contributed by atoms with Gasteiger partial charge in [-0.25, -0.2) is 9.07 Å². The van der Waals surface area contributed by atoms with E-state index in [-0.39, 0.29) is 23.6 Å². The number of anilines is 1. The van der Waals surface area contributed by atoms with E-state index in [2.05, 4.69) is 10.4 Å². The van der Waals surface area contributed by atoms with Crippen LogP contribution in [0.5, 0.6) is 0 Å². The highest BCUT2D eigenvalue weighted by Crippen LogP contribution is 2.48. The van der Waals surface area contributed by atoms with Gasteiger partial charge in [-0.05, 0) is 35.6 Å². The van der Waals surface area contributed by atoms with Crippen molar-refractivity contribution >= 4 is 34.9 Å². The summed E-state index contributed by atoms with van der Waals surface area (Å²) in [6.07, 6.45) is 2.25. The van der Waals surface area contributed by atoms with E-state index in [0.717, 1.165) is 5.56 Å². The third kappa shape index (κ3) is 3.70. The van der Waals surface area contributed by atoms with Crippen molar-refractivity contribution in [1.29, 1.82) is 0 Å². The smallest absolute Gasteiger partial charge is 0.229 e. The van der Waals surface area contributed by atoms with E-state index in [1.807, 2.05) is 12.1 Å². The topological polar surface area (TPSA) is 46.9 Å². The Hall–Kier alpha value is -2.37. The number of benzene rings is 2. The molecule has 7 heteroatoms. The highest BCUT2D eigenvalue weighted by Gasteiger charge is 2.45. The van der Waals surface area contributed by atoms with E-state index in [9.17, 15) is 9.18 Å². The van der Waals surface area contributed by atoms with Crippen LogP contribution in [0.4, 0.5) is 10.2 Å². The Kier molecular flexibility index (Phi) is 4.89. The van der Waals surface area contributed by atoms with Crippen LogP contribution >= 0.6 is 23.2 Å². The molecule has 1 aliphatic rings. The van der Waals surface area contributed by atoms with Crippen LogP contribution in [0.25, 0.3) is 0 Å². The zero-order chi connectivity index (χ0) is 19.0. The van der Waals surface area contributed by atoms with Crippen LogP contribution in [0, 0.1) is 11.7 Å². The Morgan fingerprint density at radius 3 is 2.81 bits per heavy atom. The number of hydrogen-bond acceptors (Lipinski definition) is 2. The summed E-state index contributed by atoms with van der Waals surface area (Å²) in [6, 6.07) is 13.7. The van der Waals surface area contributed by atoms with Crippen molar-refractivity contribution in [2.75, 3.05) is 5.32 Å². The number of halogens is 3. The molecule has 27 heavy (non-hydrogen) atoms. The van der Waals surface area contributed by atoms with Crippen LogP contribution in [-0.4, -0.2) is 15.7 Å². The van der Waals surface area contributed by atoms with Crippen molar-refractivity contribution in [2.24, 2.45) is 5.92 Å². The summed E-state index contributed by atoms with van der Waals surface area (Å²) in [5.74, 6) is -0.152. The summed E-state index contributed by atoms with van der Waals surface area (Å²) in [7, 11) is 0. The molecular weight excluding hydrogens is 388 g/mol. The zero-order valence-corrected chi connectivity index (χ0v) is 15.7. The average molecular weight is 404 g/mol. The molecule has 4 nitrogen and oxygen atoms in total. The lowest BCUT2D eigenvalue weighted by molar-refractivity contribution is -0.117. The number of carbonyl (C=O) groups excluding carboxylic acids is 1. The third-order valence-electron chi connectivity index (χ3n) is 4.75. The molecule has 1 aliphatic carbocycles. The summed E-state index contributed by atoms with van der Waals surface area (Å²) in [4.78, 5) is 12.6. The average Bonchev–Trinajstić information content (AvgIpc) is 3.34. The van der Waals surface area contributed by atoms with Crippen LogP contribution in [0.3, 0.4) is 0 Å². The Labute approximate surface area is 165 Å². The molecule has 0 saturated heterocycles. The van der Waals surface area contributed by atoms with Crippen molar-refractivity contribution in [3.05, 3.63) is 81.7 Å². The molecule has 2 atom stereocenters. The van der Waals surface area contributed by atoms with Crippen LogP contribution in [0.15, 0.2) is 54.7 Å². The number of nitrogens with one attached hydrogen (secondary N) is 1. The molecule has 4 rings (SSSR count). The van der Waals surface area contributed by atoms with E-state index in [0.29, 0.717) is 34.4 Å². The second kappa shape index (κ2) is 7.33. The zero-order valence-electron chi connectivity index (χ0n) is 14.2. The van der Waals surface area contributed by atoms with E-state index >= 15 is 0 Å². The Balaban J connectivity index is 1.46. The van der Waals surface area contributed by atoms with Gasteiger partial charge in [0.2, 0.25) is 5.91 Å². The number of aromatic nitrogens is 2. The lowest BCUT2D eigenvalue weighted by atomic mass is 10.1. The molecule has 1 heterocycles. The number of nitrogens with zero attached hydrogens (tertiary/aromatic N) is 2. The molecule has 138 valence electrons. The van der Waals surface area contributed by atoms with Crippen LogP contribution in [-0.2, 0) is 11.3 Å². The van der Waals surface area contributed by atoms with Gasteiger partial charge in [0, 0.05) is 12.0 Å². The first-order valence-corrected chi connectivity index (χ1v) is 9.30. The highest BCUT2D eigenvalue weighted by molar-refractivity contribution is 6.42. The summed E-state index contributed by atoms with van der Waals surface area (Å²) in [5.41, 5.74) is 1.40. The lowest BCUT2D eigenvalue weighted by Gasteiger charge is -2.11. The first-order valence-electron chi connectivity index (χ1n) is 8.54. The lowest BCUT2D eigenvalue weighted by Crippen LogP contribution is -2.18. The SMILES string of the molecule is O=C(Nc1ccnn1Cc1cccc(Cl)c1Cl)C1CC1c1ccccc1F. The van der Waals surface area contributed by atoms with Gasteiger partial charge in [-0.2, -0.15) is 5.10 Å². The molecule has 0 radical (unpaired) electrons. The third-order valence-corrected chi connectivity index (χ3v) is 5.61. The summed E-state index contributed by atoms with van der Waals surface area (Å²) < 4.78 is 15.6. The van der Waals surface area contributed by atoms with Gasteiger partial charge in [-0.1, -0.05) is 53.5 Å². The molecule has 0 bridgehead atoms. The highest BCUT2D eigenvalue weighted by atomic mass is 35.5. The first-order chi connectivity index (χ1) is 13.0. The standard InChI is InChI=1S/C20H16Cl2FN3O/c21-16-6-3-4-12(19(16)22)11-26-18(8-9-24-26)25-20(27)15-10-14(15)13-5-1-2-7-17(13)23/h1-9,14-15H,10-11H2,(H,25,27). The molecular formula is C20H16Cl2FN3O. The van der Waals surface area contributed by atoms with E-state index in [1.165, 1.54) is 6.07 Å². The number of amides is 1. The molecule has 2 unspecified atom stereocenters. The van der Waals surface area contributed by atoms with Gasteiger partial charge in [-0.15, -0.1) is 0 Å². The molecule has 1 N–H and O–H groups in total. The van der Waals surface area contributed by atoms with Gasteiger partial charge in [0.05, 0.1) is 22.8 Å². The maximum Gasteiger partial charge on any atom is 0.229 e. The fraction of sp³-hybridized carbons (Fsp3) is 0.200. The van der Waals surface area contributed by atoms with Crippen molar-refractivity contribution in [1.82, 2.24) is 9.78 Å². The molecule has 1 fully saturated rings. The Bertz CT molecular complexity index is 1000. The fourth-order valence-electron chi connectivity index (χ4n) is 3.22. The second-order valence-electron chi connectivity index (χ2n) is 6.55. The molecule has 0 aliphatic heterocycles. The molecule has 3 aromatic rings. The quantitative estimate of drug-likeness (QED) is 0.642. The summed E-state index contributed by atoms with van der Waals surface area (Å²) in [6.45, 7) is 0.378. The Morgan fingerprint density at radius 2 is 2.00 bits per heavy atom. The van der Waals surface area contributed by atoms with E-state index in [4.69, 9.17) is 23.2 Å². The van der Waals surface area contributed by atoms with Crippen molar-refractivity contribution in [3.63, 3.8) is 0 Å². The minimum Gasteiger partial charge on any atom is -0.311 e. The van der Waals surface area contributed by atoms with Gasteiger partial charge < -0.3 is 5.32 Å². The fourth-order valence-corrected chi connectivity index (χ4v) is 3.60. The minimum absolute atomic E-state index is 0.0788. The van der Waals surface area contributed by atoms with Gasteiger partial charge in [-0.3, -0.25) is 4.79 Å². The monoisotopic (exact) mass is 403 g/mol. The van der Waals surface area contributed by atoms with Crippen LogP contribution in [0.2, 0.25) is 10.0 Å². The Morgan fingerprint density at radius 1 is 1.19 bits per heavy atom. The summed E-state index contributed by atoms with van der Waals surface area (Å²) in [5, 5.41) is 8.07. The van der Waals surface area contributed by atoms with Gasteiger partial charge >= 0.3 is 0 Å². The first kappa shape index (κ1) is 18.0. The maximum atomic E-state index is 13.9. The predicted molar refractivity (Wildman–Crippen MR) is 104 cm³/mol. The molecule has 1 amide bonds. The number of hydrogen-bond donors (Lipinski definition) is 1. The van der Waals surface area contributed by atoms with Gasteiger partial charge in [0.25, 0.3) is 0 Å². The van der Waals surface area contributed by atoms with Crippen molar-refractivity contribution in [2.45, 2.75) is 18.9 Å². The number of carbonyl (C=O) groups is 1. The second-order valence-corrected chi connectivity index (χ2v) is 7.33. The van der Waals surface area contributed by atoms with Gasteiger partial charge in [0.15, 0.2) is 0 Å². The predicted octanol–water partition coefficient (Wildman–Crippen LogP) is 5.12. The van der Waals surface area contributed by atoms with E-state index in [1.54, 1.807) is 41.2 Å². The number of rotatable bonds is 5. The van der Waals surface area contributed by atoms with E-state index < -0.39 is 0 Å². The molecule has 1 aromatic heterocycles. The molecule has 2 aromatic carbocycles.